The largest absolute Gasteiger partial charge is 0.491 e. The molecule has 0 bridgehead atoms. The first-order chi connectivity index (χ1) is 8.29. The molecule has 1 atom stereocenters. The smallest absolute Gasteiger partial charge is 0.119 e. The van der Waals surface area contributed by atoms with E-state index in [9.17, 15) is 5.11 Å². The maximum atomic E-state index is 9.26. The summed E-state index contributed by atoms with van der Waals surface area (Å²) >= 11 is 1.32. The maximum absolute atomic E-state index is 9.26. The summed E-state index contributed by atoms with van der Waals surface area (Å²) in [6, 6.07) is 7.47. The predicted molar refractivity (Wildman–Crippen MR) is 65.9 cm³/mol. The van der Waals surface area contributed by atoms with E-state index in [1.165, 1.54) is 11.5 Å². The van der Waals surface area contributed by atoms with Crippen LogP contribution in [0.4, 0.5) is 0 Å². The first kappa shape index (κ1) is 12.0. The summed E-state index contributed by atoms with van der Waals surface area (Å²) in [7, 11) is 0. The van der Waals surface area contributed by atoms with Crippen molar-refractivity contribution < 1.29 is 9.84 Å². The Labute approximate surface area is 103 Å². The number of benzene rings is 1. The lowest BCUT2D eigenvalue weighted by atomic mass is 10.2. The van der Waals surface area contributed by atoms with Crippen LogP contribution in [0.3, 0.4) is 0 Å². The van der Waals surface area contributed by atoms with Gasteiger partial charge in [0.2, 0.25) is 0 Å². The van der Waals surface area contributed by atoms with Gasteiger partial charge in [-0.3, -0.25) is 0 Å². The van der Waals surface area contributed by atoms with Gasteiger partial charge in [0.25, 0.3) is 0 Å². The number of ether oxygens (including phenoxy) is 1. The molecule has 1 aromatic heterocycles. The number of hydrogen-bond acceptors (Lipinski definition) is 6. The average molecular weight is 251 g/mol. The van der Waals surface area contributed by atoms with Crippen molar-refractivity contribution in [3.8, 4) is 17.0 Å². The van der Waals surface area contributed by atoms with E-state index in [2.05, 4.69) is 9.59 Å². The van der Waals surface area contributed by atoms with E-state index in [0.717, 1.165) is 11.3 Å². The summed E-state index contributed by atoms with van der Waals surface area (Å²) in [5.41, 5.74) is 7.12. The molecule has 0 saturated heterocycles. The summed E-state index contributed by atoms with van der Waals surface area (Å²) in [5.74, 6) is 0.699. The van der Waals surface area contributed by atoms with Gasteiger partial charge in [0.15, 0.2) is 0 Å². The van der Waals surface area contributed by atoms with Gasteiger partial charge in [-0.05, 0) is 35.8 Å². The molecular weight excluding hydrogens is 238 g/mol. The molecule has 1 aromatic carbocycles. The van der Waals surface area contributed by atoms with E-state index in [0.29, 0.717) is 5.75 Å². The Balaban J connectivity index is 1.99. The Hall–Kier alpha value is -1.50. The second-order valence-corrected chi connectivity index (χ2v) is 4.12. The molecule has 17 heavy (non-hydrogen) atoms. The van der Waals surface area contributed by atoms with E-state index in [1.54, 1.807) is 0 Å². The molecule has 1 heterocycles. The third-order valence-electron chi connectivity index (χ3n) is 2.22. The molecule has 0 spiro atoms. The molecular formula is C11H13N3O2S. The highest BCUT2D eigenvalue weighted by molar-refractivity contribution is 7.03. The first-order valence-electron chi connectivity index (χ1n) is 5.18. The lowest BCUT2D eigenvalue weighted by Crippen LogP contribution is -2.26. The second kappa shape index (κ2) is 5.72. The van der Waals surface area contributed by atoms with Crippen molar-refractivity contribution in [3.05, 3.63) is 29.6 Å². The summed E-state index contributed by atoms with van der Waals surface area (Å²) in [5, 5.41) is 15.1. The minimum Gasteiger partial charge on any atom is -0.491 e. The molecule has 2 rings (SSSR count). The van der Waals surface area contributed by atoms with E-state index < -0.39 is 6.10 Å². The molecule has 1 unspecified atom stereocenters. The van der Waals surface area contributed by atoms with Crippen molar-refractivity contribution in [3.63, 3.8) is 0 Å². The fourth-order valence-electron chi connectivity index (χ4n) is 1.27. The van der Waals surface area contributed by atoms with Gasteiger partial charge in [-0.2, -0.15) is 0 Å². The van der Waals surface area contributed by atoms with E-state index >= 15 is 0 Å². The van der Waals surface area contributed by atoms with Gasteiger partial charge in [0.1, 0.15) is 24.2 Å². The molecule has 90 valence electrons. The van der Waals surface area contributed by atoms with Crippen molar-refractivity contribution >= 4 is 11.5 Å². The molecule has 0 saturated carbocycles. The van der Waals surface area contributed by atoms with Crippen LogP contribution in [0.15, 0.2) is 29.6 Å². The average Bonchev–Trinajstić information content (AvgIpc) is 2.90. The Kier molecular flexibility index (Phi) is 4.03. The monoisotopic (exact) mass is 251 g/mol. The molecule has 0 aliphatic carbocycles. The third-order valence-corrected chi connectivity index (χ3v) is 2.73. The van der Waals surface area contributed by atoms with Gasteiger partial charge < -0.3 is 15.6 Å². The van der Waals surface area contributed by atoms with Crippen molar-refractivity contribution in [2.24, 2.45) is 5.73 Å². The van der Waals surface area contributed by atoms with Crippen LogP contribution >= 0.6 is 11.5 Å². The zero-order valence-electron chi connectivity index (χ0n) is 9.11. The number of nitrogens with two attached hydrogens (primary N) is 1. The lowest BCUT2D eigenvalue weighted by molar-refractivity contribution is 0.114. The van der Waals surface area contributed by atoms with Gasteiger partial charge in [-0.1, -0.05) is 4.49 Å². The fourth-order valence-corrected chi connectivity index (χ4v) is 1.74. The topological polar surface area (TPSA) is 81.3 Å². The van der Waals surface area contributed by atoms with Crippen molar-refractivity contribution in [2.45, 2.75) is 6.10 Å². The predicted octanol–water partition coefficient (Wildman–Crippen LogP) is 0.903. The third kappa shape index (κ3) is 3.23. The summed E-state index contributed by atoms with van der Waals surface area (Å²) in [6.45, 7) is 0.399. The lowest BCUT2D eigenvalue weighted by Gasteiger charge is -2.10. The second-order valence-electron chi connectivity index (χ2n) is 3.52. The fraction of sp³-hybridized carbons (Fsp3) is 0.273. The normalized spacial score (nSPS) is 12.4. The van der Waals surface area contributed by atoms with Gasteiger partial charge in [0.05, 0.1) is 0 Å². The Morgan fingerprint density at radius 1 is 1.35 bits per heavy atom. The van der Waals surface area contributed by atoms with Crippen LogP contribution in [-0.4, -0.2) is 33.9 Å². The van der Waals surface area contributed by atoms with Gasteiger partial charge in [0, 0.05) is 17.5 Å². The van der Waals surface area contributed by atoms with Crippen LogP contribution in [0.1, 0.15) is 0 Å². The van der Waals surface area contributed by atoms with E-state index in [-0.39, 0.29) is 13.2 Å². The number of hydrogen-bond donors (Lipinski definition) is 2. The van der Waals surface area contributed by atoms with E-state index in [1.807, 2.05) is 29.6 Å². The zero-order valence-corrected chi connectivity index (χ0v) is 9.93. The minimum absolute atomic E-state index is 0.197. The number of nitrogens with zero attached hydrogens (tertiary/aromatic N) is 2. The molecule has 5 nitrogen and oxygen atoms in total. The standard InChI is InChI=1S/C11H13N3O2S/c12-5-9(15)6-16-10-3-1-8(2-4-10)11-7-17-14-13-11/h1-4,7,9,15H,5-6,12H2. The number of aliphatic hydroxyl groups excluding tert-OH is 1. The van der Waals surface area contributed by atoms with Gasteiger partial charge in [-0.25, -0.2) is 0 Å². The summed E-state index contributed by atoms with van der Waals surface area (Å²) in [6.07, 6.45) is -0.627. The van der Waals surface area contributed by atoms with Crippen molar-refractivity contribution in [2.75, 3.05) is 13.2 Å². The molecule has 0 amide bonds. The summed E-state index contributed by atoms with van der Waals surface area (Å²) < 4.78 is 9.17. The molecule has 6 heteroatoms. The number of aromatic nitrogens is 2. The summed E-state index contributed by atoms with van der Waals surface area (Å²) in [4.78, 5) is 0. The maximum Gasteiger partial charge on any atom is 0.119 e. The SMILES string of the molecule is NCC(O)COc1ccc(-c2csnn2)cc1. The Morgan fingerprint density at radius 2 is 2.12 bits per heavy atom. The van der Waals surface area contributed by atoms with Gasteiger partial charge >= 0.3 is 0 Å². The number of aliphatic hydroxyl groups is 1. The quantitative estimate of drug-likeness (QED) is 0.825. The number of rotatable bonds is 5. The zero-order chi connectivity index (χ0) is 12.1. The Bertz CT molecular complexity index is 444. The van der Waals surface area contributed by atoms with Crippen LogP contribution in [0.25, 0.3) is 11.3 Å². The van der Waals surface area contributed by atoms with Crippen LogP contribution < -0.4 is 10.5 Å². The molecule has 3 N–H and O–H groups in total. The highest BCUT2D eigenvalue weighted by Gasteiger charge is 2.04. The molecule has 2 aromatic rings. The van der Waals surface area contributed by atoms with Crippen LogP contribution in [0.2, 0.25) is 0 Å². The van der Waals surface area contributed by atoms with Crippen LogP contribution in [0.5, 0.6) is 5.75 Å². The molecule has 0 radical (unpaired) electrons. The van der Waals surface area contributed by atoms with Crippen LogP contribution in [-0.2, 0) is 0 Å². The molecule has 0 aliphatic heterocycles. The molecule has 0 fully saturated rings. The highest BCUT2D eigenvalue weighted by atomic mass is 32.1. The van der Waals surface area contributed by atoms with Crippen LogP contribution in [0, 0.1) is 0 Å². The van der Waals surface area contributed by atoms with Crippen molar-refractivity contribution in [1.29, 1.82) is 0 Å². The highest BCUT2D eigenvalue weighted by Crippen LogP contribution is 2.21. The minimum atomic E-state index is -0.627. The Morgan fingerprint density at radius 3 is 2.71 bits per heavy atom. The van der Waals surface area contributed by atoms with Crippen molar-refractivity contribution in [1.82, 2.24) is 9.59 Å². The molecule has 0 aliphatic rings. The van der Waals surface area contributed by atoms with Gasteiger partial charge in [-0.15, -0.1) is 5.10 Å². The van der Waals surface area contributed by atoms with E-state index in [4.69, 9.17) is 10.5 Å². The first-order valence-corrected chi connectivity index (χ1v) is 6.01.